The van der Waals surface area contributed by atoms with Crippen LogP contribution in [0.3, 0.4) is 0 Å². The minimum atomic E-state index is -0.287. The van der Waals surface area contributed by atoms with Crippen molar-refractivity contribution in [3.8, 4) is 0 Å². The van der Waals surface area contributed by atoms with Crippen molar-refractivity contribution >= 4 is 28.8 Å². The summed E-state index contributed by atoms with van der Waals surface area (Å²) < 4.78 is 12.7. The Morgan fingerprint density at radius 1 is 1.35 bits per heavy atom. The van der Waals surface area contributed by atoms with E-state index in [1.54, 1.807) is 23.6 Å². The monoisotopic (exact) mass is 269 g/mol. The van der Waals surface area contributed by atoms with Crippen molar-refractivity contribution in [2.24, 2.45) is 0 Å². The minimum Gasteiger partial charge on any atom is -0.347 e. The number of benzene rings is 1. The molecular formula is C12H9ClFNOS. The summed E-state index contributed by atoms with van der Waals surface area (Å²) in [6, 6.07) is 7.62. The van der Waals surface area contributed by atoms with Gasteiger partial charge in [-0.25, -0.2) is 4.39 Å². The molecule has 0 radical (unpaired) electrons. The molecule has 1 aromatic heterocycles. The van der Waals surface area contributed by atoms with Gasteiger partial charge in [-0.2, -0.15) is 0 Å². The van der Waals surface area contributed by atoms with E-state index in [1.807, 2.05) is 0 Å². The molecule has 2 rings (SSSR count). The zero-order chi connectivity index (χ0) is 12.3. The lowest BCUT2D eigenvalue weighted by atomic mass is 10.2. The van der Waals surface area contributed by atoms with E-state index in [9.17, 15) is 9.18 Å². The first-order valence-corrected chi connectivity index (χ1v) is 6.17. The summed E-state index contributed by atoms with van der Waals surface area (Å²) in [4.78, 5) is 12.2. The van der Waals surface area contributed by atoms with Crippen LogP contribution in [0.4, 0.5) is 4.39 Å². The number of hydrogen-bond donors (Lipinski definition) is 1. The van der Waals surface area contributed by atoms with Crippen molar-refractivity contribution in [2.45, 2.75) is 6.54 Å². The molecule has 1 heterocycles. The Bertz CT molecular complexity index is 524. The molecule has 88 valence electrons. The van der Waals surface area contributed by atoms with Crippen LogP contribution in [0.25, 0.3) is 0 Å². The summed E-state index contributed by atoms with van der Waals surface area (Å²) in [5.41, 5.74) is 0.849. The molecule has 1 aromatic carbocycles. The van der Waals surface area contributed by atoms with Gasteiger partial charge in [0.05, 0.1) is 9.90 Å². The maximum atomic E-state index is 12.7. The van der Waals surface area contributed by atoms with Gasteiger partial charge >= 0.3 is 0 Å². The molecule has 0 aliphatic rings. The lowest BCUT2D eigenvalue weighted by Gasteiger charge is -2.03. The molecular weight excluding hydrogens is 261 g/mol. The fourth-order valence-electron chi connectivity index (χ4n) is 1.30. The Kier molecular flexibility index (Phi) is 3.76. The molecule has 5 heteroatoms. The van der Waals surface area contributed by atoms with Gasteiger partial charge < -0.3 is 5.32 Å². The Balaban J connectivity index is 1.94. The van der Waals surface area contributed by atoms with Crippen molar-refractivity contribution in [1.29, 1.82) is 0 Å². The van der Waals surface area contributed by atoms with Gasteiger partial charge in [0, 0.05) is 11.9 Å². The number of carbonyl (C=O) groups is 1. The van der Waals surface area contributed by atoms with Crippen molar-refractivity contribution in [1.82, 2.24) is 5.32 Å². The predicted molar refractivity (Wildman–Crippen MR) is 66.9 cm³/mol. The van der Waals surface area contributed by atoms with E-state index < -0.39 is 0 Å². The van der Waals surface area contributed by atoms with Crippen LogP contribution in [0.5, 0.6) is 0 Å². The van der Waals surface area contributed by atoms with Crippen LogP contribution < -0.4 is 5.32 Å². The van der Waals surface area contributed by atoms with E-state index in [0.717, 1.165) is 5.56 Å². The molecule has 17 heavy (non-hydrogen) atoms. The van der Waals surface area contributed by atoms with Crippen molar-refractivity contribution in [3.05, 3.63) is 57.0 Å². The number of rotatable bonds is 3. The molecule has 0 unspecified atom stereocenters. The number of amides is 1. The van der Waals surface area contributed by atoms with Gasteiger partial charge in [-0.1, -0.05) is 23.7 Å². The van der Waals surface area contributed by atoms with Gasteiger partial charge in [0.25, 0.3) is 5.91 Å². The van der Waals surface area contributed by atoms with Crippen LogP contribution in [0, 0.1) is 5.82 Å². The highest BCUT2D eigenvalue weighted by atomic mass is 35.5. The third-order valence-electron chi connectivity index (χ3n) is 2.16. The van der Waals surface area contributed by atoms with Crippen LogP contribution in [0.15, 0.2) is 35.7 Å². The summed E-state index contributed by atoms with van der Waals surface area (Å²) in [6.45, 7) is 0.370. The smallest absolute Gasteiger partial charge is 0.261 e. The molecule has 0 bridgehead atoms. The van der Waals surface area contributed by atoms with Crippen LogP contribution in [0.1, 0.15) is 15.2 Å². The predicted octanol–water partition coefficient (Wildman–Crippen LogP) is 3.47. The highest BCUT2D eigenvalue weighted by Crippen LogP contribution is 2.18. The second kappa shape index (κ2) is 5.29. The van der Waals surface area contributed by atoms with Crippen molar-refractivity contribution in [2.75, 3.05) is 0 Å². The molecule has 0 atom stereocenters. The molecule has 0 fully saturated rings. The van der Waals surface area contributed by atoms with Gasteiger partial charge in [-0.3, -0.25) is 4.79 Å². The van der Waals surface area contributed by atoms with Crippen molar-refractivity contribution < 1.29 is 9.18 Å². The summed E-state index contributed by atoms with van der Waals surface area (Å²) in [6.07, 6.45) is 0. The molecule has 2 nitrogen and oxygen atoms in total. The van der Waals surface area contributed by atoms with E-state index in [4.69, 9.17) is 11.6 Å². The quantitative estimate of drug-likeness (QED) is 0.908. The first-order valence-electron chi connectivity index (χ1n) is 4.92. The van der Waals surface area contributed by atoms with E-state index in [0.29, 0.717) is 16.4 Å². The lowest BCUT2D eigenvalue weighted by Crippen LogP contribution is -2.21. The molecule has 0 aliphatic carbocycles. The second-order valence-corrected chi connectivity index (χ2v) is 4.79. The Morgan fingerprint density at radius 2 is 2.06 bits per heavy atom. The highest BCUT2D eigenvalue weighted by Gasteiger charge is 2.07. The zero-order valence-corrected chi connectivity index (χ0v) is 10.3. The third kappa shape index (κ3) is 3.28. The van der Waals surface area contributed by atoms with E-state index in [-0.39, 0.29) is 11.7 Å². The first-order chi connectivity index (χ1) is 8.15. The Labute approximate surface area is 107 Å². The van der Waals surface area contributed by atoms with Crippen LogP contribution in [-0.4, -0.2) is 5.91 Å². The average molecular weight is 270 g/mol. The van der Waals surface area contributed by atoms with Gasteiger partial charge in [-0.05, 0) is 23.8 Å². The topological polar surface area (TPSA) is 29.1 Å². The fourth-order valence-corrected chi connectivity index (χ4v) is 2.29. The third-order valence-corrected chi connectivity index (χ3v) is 3.43. The number of nitrogens with one attached hydrogen (secondary N) is 1. The van der Waals surface area contributed by atoms with E-state index in [1.165, 1.54) is 23.5 Å². The number of halogens is 2. The Morgan fingerprint density at radius 3 is 2.65 bits per heavy atom. The second-order valence-electron chi connectivity index (χ2n) is 3.44. The van der Waals surface area contributed by atoms with Crippen LogP contribution >= 0.6 is 22.9 Å². The first kappa shape index (κ1) is 12.1. The zero-order valence-electron chi connectivity index (χ0n) is 8.74. The molecule has 0 saturated heterocycles. The molecule has 1 amide bonds. The number of hydrogen-bond acceptors (Lipinski definition) is 2. The standard InChI is InChI=1S/C12H9ClFNOS/c13-9-5-11(17-7-9)12(16)15-6-8-1-3-10(14)4-2-8/h1-5,7H,6H2,(H,15,16). The summed E-state index contributed by atoms with van der Waals surface area (Å²) in [5, 5.41) is 5.00. The number of carbonyl (C=O) groups excluding carboxylic acids is 1. The summed E-state index contributed by atoms with van der Waals surface area (Å²) in [5.74, 6) is -0.462. The van der Waals surface area contributed by atoms with Crippen LogP contribution in [-0.2, 0) is 6.54 Å². The fraction of sp³-hybridized carbons (Fsp3) is 0.0833. The number of thiophene rings is 1. The van der Waals surface area contributed by atoms with E-state index >= 15 is 0 Å². The molecule has 2 aromatic rings. The van der Waals surface area contributed by atoms with Crippen molar-refractivity contribution in [3.63, 3.8) is 0 Å². The molecule has 0 saturated carbocycles. The summed E-state index contributed by atoms with van der Waals surface area (Å²) in [7, 11) is 0. The summed E-state index contributed by atoms with van der Waals surface area (Å²) >= 11 is 7.02. The van der Waals surface area contributed by atoms with Gasteiger partial charge in [0.2, 0.25) is 0 Å². The lowest BCUT2D eigenvalue weighted by molar-refractivity contribution is 0.0955. The normalized spacial score (nSPS) is 10.2. The van der Waals surface area contributed by atoms with Gasteiger partial charge in [0.15, 0.2) is 0 Å². The maximum Gasteiger partial charge on any atom is 0.261 e. The van der Waals surface area contributed by atoms with Gasteiger partial charge in [0.1, 0.15) is 5.82 Å². The average Bonchev–Trinajstić information content (AvgIpc) is 2.75. The highest BCUT2D eigenvalue weighted by molar-refractivity contribution is 7.12. The van der Waals surface area contributed by atoms with Gasteiger partial charge in [-0.15, -0.1) is 11.3 Å². The minimum absolute atomic E-state index is 0.175. The Hall–Kier alpha value is -1.39. The largest absolute Gasteiger partial charge is 0.347 e. The van der Waals surface area contributed by atoms with E-state index in [2.05, 4.69) is 5.32 Å². The molecule has 0 spiro atoms. The van der Waals surface area contributed by atoms with Crippen LogP contribution in [0.2, 0.25) is 5.02 Å². The SMILES string of the molecule is O=C(NCc1ccc(F)cc1)c1cc(Cl)cs1. The molecule has 1 N–H and O–H groups in total. The maximum absolute atomic E-state index is 12.7. The molecule has 0 aliphatic heterocycles.